The molecule has 9 heteroatoms. The van der Waals surface area contributed by atoms with Crippen LogP contribution in [0.3, 0.4) is 0 Å². The van der Waals surface area contributed by atoms with Crippen molar-refractivity contribution in [2.45, 2.75) is 0 Å². The topological polar surface area (TPSA) is 72.0 Å². The molecule has 36 heavy (non-hydrogen) atoms. The number of hydrogen-bond donors (Lipinski definition) is 2. The Kier molecular flexibility index (Phi) is 7.84. The van der Waals surface area contributed by atoms with Crippen molar-refractivity contribution in [2.24, 2.45) is 0 Å². The summed E-state index contributed by atoms with van der Waals surface area (Å²) in [5.41, 5.74) is 2.92. The standard InChI is InChI=1S/C27H25ClN4O3.ClH.H2/c1-30-14-16-31(17-15-30)25-18-29-32(22-8-6-21(28)7-9-22)27(34)26(25)35-24-12-4-20(5-13-24)19-2-10-23(33)11-3-19;;/h2-13,18,33H,14-17H2,1H3;2*1H. The Hall–Kier alpha value is -3.52. The lowest BCUT2D eigenvalue weighted by Gasteiger charge is -2.32. The maximum absolute atomic E-state index is 13.6. The molecule has 0 saturated carbocycles. The summed E-state index contributed by atoms with van der Waals surface area (Å²) in [7, 11) is 2.17. The van der Waals surface area contributed by atoms with Crippen LogP contribution in [0.5, 0.6) is 17.2 Å². The summed E-state index contributed by atoms with van der Waals surface area (Å²) in [5.74, 6) is 1.02. The van der Waals surface area contributed by atoms with Gasteiger partial charge in [-0.1, -0.05) is 35.9 Å². The molecule has 1 aromatic heterocycles. The molecule has 0 spiro atoms. The van der Waals surface area contributed by atoms with Gasteiger partial charge in [0.2, 0.25) is 5.75 Å². The SMILES string of the molecule is C[NH+]1CCN(c2cnn(-c3ccc(Cl)cc3)c(=O)c2Oc2ccc(-c3ccc(O)cc3)cc2)CC1.[Cl-].[HH]. The second kappa shape index (κ2) is 11.0. The van der Waals surface area contributed by atoms with E-state index in [1.165, 1.54) is 9.58 Å². The van der Waals surface area contributed by atoms with Gasteiger partial charge in [0.1, 0.15) is 17.2 Å². The van der Waals surface area contributed by atoms with E-state index in [9.17, 15) is 9.90 Å². The molecule has 2 N–H and O–H groups in total. The monoisotopic (exact) mass is 526 g/mol. The molecule has 0 bridgehead atoms. The van der Waals surface area contributed by atoms with Crippen molar-refractivity contribution < 1.29 is 28.6 Å². The van der Waals surface area contributed by atoms with Gasteiger partial charge in [-0.2, -0.15) is 9.78 Å². The number of quaternary nitrogens is 1. The molecule has 1 aliphatic heterocycles. The van der Waals surface area contributed by atoms with Crippen LogP contribution in [0.2, 0.25) is 5.02 Å². The summed E-state index contributed by atoms with van der Waals surface area (Å²) in [6.45, 7) is 3.57. The van der Waals surface area contributed by atoms with Crippen molar-refractivity contribution >= 4 is 17.3 Å². The number of aromatic hydroxyl groups is 1. The minimum Gasteiger partial charge on any atom is -1.00 e. The number of piperazine rings is 1. The van der Waals surface area contributed by atoms with Crippen molar-refractivity contribution in [3.63, 3.8) is 0 Å². The molecule has 0 aliphatic carbocycles. The van der Waals surface area contributed by atoms with Gasteiger partial charge in [0.15, 0.2) is 0 Å². The average Bonchev–Trinajstić information content (AvgIpc) is 2.87. The number of halogens is 2. The van der Waals surface area contributed by atoms with Crippen molar-refractivity contribution in [2.75, 3.05) is 38.1 Å². The van der Waals surface area contributed by atoms with Crippen molar-refractivity contribution in [3.8, 4) is 34.1 Å². The molecular weight excluding hydrogens is 499 g/mol. The lowest BCUT2D eigenvalue weighted by Crippen LogP contribution is -3.12. The third-order valence-electron chi connectivity index (χ3n) is 6.22. The third kappa shape index (κ3) is 5.49. The van der Waals surface area contributed by atoms with E-state index < -0.39 is 0 Å². The summed E-state index contributed by atoms with van der Waals surface area (Å²) in [4.78, 5) is 17.2. The molecule has 1 fully saturated rings. The predicted molar refractivity (Wildman–Crippen MR) is 139 cm³/mol. The molecule has 7 nitrogen and oxygen atoms in total. The Morgan fingerprint density at radius 1 is 0.944 bits per heavy atom. The molecule has 5 rings (SSSR count). The molecule has 1 saturated heterocycles. The molecule has 0 atom stereocenters. The van der Waals surface area contributed by atoms with E-state index in [2.05, 4.69) is 17.0 Å². The minimum absolute atomic E-state index is 0. The predicted octanol–water partition coefficient (Wildman–Crippen LogP) is 0.636. The van der Waals surface area contributed by atoms with Crippen molar-refractivity contribution in [1.82, 2.24) is 9.78 Å². The zero-order valence-corrected chi connectivity index (χ0v) is 21.2. The number of nitrogens with one attached hydrogen (secondary N) is 1. The third-order valence-corrected chi connectivity index (χ3v) is 6.47. The summed E-state index contributed by atoms with van der Waals surface area (Å²) in [6.07, 6.45) is 1.71. The maximum Gasteiger partial charge on any atom is 0.316 e. The first kappa shape index (κ1) is 25.6. The van der Waals surface area contributed by atoms with E-state index in [0.717, 1.165) is 37.3 Å². The van der Waals surface area contributed by atoms with Crippen LogP contribution in [0, 0.1) is 0 Å². The first-order valence-electron chi connectivity index (χ1n) is 11.5. The Balaban J connectivity index is 0.00000190. The quantitative estimate of drug-likeness (QED) is 0.399. The highest BCUT2D eigenvalue weighted by molar-refractivity contribution is 6.30. The van der Waals surface area contributed by atoms with E-state index in [-0.39, 0.29) is 30.9 Å². The van der Waals surface area contributed by atoms with E-state index in [1.54, 1.807) is 42.6 Å². The second-order valence-electron chi connectivity index (χ2n) is 8.67. The zero-order chi connectivity index (χ0) is 24.4. The number of phenols is 1. The number of likely N-dealkylation sites (N-methyl/N-ethyl adjacent to an activating group) is 1. The van der Waals surface area contributed by atoms with Crippen LogP contribution in [0.15, 0.2) is 83.8 Å². The minimum atomic E-state index is -0.335. The summed E-state index contributed by atoms with van der Waals surface area (Å²) in [6, 6.07) is 21.5. The van der Waals surface area contributed by atoms with Crippen LogP contribution < -0.4 is 32.5 Å². The van der Waals surface area contributed by atoms with E-state index in [4.69, 9.17) is 16.3 Å². The lowest BCUT2D eigenvalue weighted by molar-refractivity contribution is -0.880. The van der Waals surface area contributed by atoms with Gasteiger partial charge in [-0.3, -0.25) is 4.79 Å². The Bertz CT molecular complexity index is 1370. The first-order valence-corrected chi connectivity index (χ1v) is 11.9. The number of ether oxygens (including phenoxy) is 1. The summed E-state index contributed by atoms with van der Waals surface area (Å²) >= 11 is 6.03. The van der Waals surface area contributed by atoms with Crippen LogP contribution in [-0.2, 0) is 0 Å². The zero-order valence-electron chi connectivity index (χ0n) is 19.7. The number of anilines is 1. The smallest absolute Gasteiger partial charge is 0.316 e. The highest BCUT2D eigenvalue weighted by Crippen LogP contribution is 2.31. The molecule has 3 aromatic carbocycles. The van der Waals surface area contributed by atoms with Gasteiger partial charge < -0.3 is 32.1 Å². The van der Waals surface area contributed by atoms with E-state index in [1.807, 2.05) is 36.4 Å². The number of benzene rings is 3. The van der Waals surface area contributed by atoms with Gasteiger partial charge in [-0.25, -0.2) is 0 Å². The molecule has 0 amide bonds. The molecule has 2 heterocycles. The first-order chi connectivity index (χ1) is 17.0. The number of phenolic OH excluding ortho intramolecular Hbond substituents is 1. The summed E-state index contributed by atoms with van der Waals surface area (Å²) < 4.78 is 7.56. The average molecular weight is 527 g/mol. The van der Waals surface area contributed by atoms with Gasteiger partial charge in [-0.05, 0) is 59.7 Å². The van der Waals surface area contributed by atoms with E-state index >= 15 is 0 Å². The Labute approximate surface area is 222 Å². The van der Waals surface area contributed by atoms with Crippen LogP contribution in [0.1, 0.15) is 1.43 Å². The molecule has 0 radical (unpaired) electrons. The highest BCUT2D eigenvalue weighted by Gasteiger charge is 2.24. The highest BCUT2D eigenvalue weighted by atomic mass is 35.5. The number of rotatable bonds is 5. The molecular formula is C27H28Cl2N4O3. The number of nitrogens with zero attached hydrogens (tertiary/aromatic N) is 3. The Morgan fingerprint density at radius 2 is 1.53 bits per heavy atom. The van der Waals surface area contributed by atoms with Gasteiger partial charge in [0, 0.05) is 6.45 Å². The Morgan fingerprint density at radius 3 is 2.14 bits per heavy atom. The number of hydrogen-bond acceptors (Lipinski definition) is 5. The van der Waals surface area contributed by atoms with Crippen LogP contribution in [-0.4, -0.2) is 48.1 Å². The van der Waals surface area contributed by atoms with Gasteiger partial charge >= 0.3 is 5.56 Å². The molecule has 1 aliphatic rings. The fourth-order valence-corrected chi connectivity index (χ4v) is 4.26. The van der Waals surface area contributed by atoms with Crippen molar-refractivity contribution in [3.05, 3.63) is 94.4 Å². The van der Waals surface area contributed by atoms with Crippen LogP contribution in [0.25, 0.3) is 16.8 Å². The lowest BCUT2D eigenvalue weighted by atomic mass is 10.1. The largest absolute Gasteiger partial charge is 1.00 e. The number of aromatic nitrogens is 2. The fourth-order valence-electron chi connectivity index (χ4n) is 4.13. The van der Waals surface area contributed by atoms with Gasteiger partial charge in [0.25, 0.3) is 0 Å². The van der Waals surface area contributed by atoms with Crippen LogP contribution in [0.4, 0.5) is 5.69 Å². The van der Waals surface area contributed by atoms with Crippen molar-refractivity contribution in [1.29, 1.82) is 0 Å². The molecule has 188 valence electrons. The molecule has 4 aromatic rings. The summed E-state index contributed by atoms with van der Waals surface area (Å²) in [5, 5.41) is 14.6. The second-order valence-corrected chi connectivity index (χ2v) is 9.11. The molecule has 0 unspecified atom stereocenters. The van der Waals surface area contributed by atoms with Crippen LogP contribution >= 0.6 is 11.6 Å². The maximum atomic E-state index is 13.6. The fraction of sp³-hybridized carbons (Fsp3) is 0.185. The van der Waals surface area contributed by atoms with Gasteiger partial charge in [-0.15, -0.1) is 0 Å². The normalized spacial score (nSPS) is 13.8. The van der Waals surface area contributed by atoms with Gasteiger partial charge in [0.05, 0.1) is 45.1 Å². The van der Waals surface area contributed by atoms with E-state index in [0.29, 0.717) is 22.1 Å².